The molecule has 0 heterocycles. The van der Waals surface area contributed by atoms with Crippen LogP contribution in [-0.4, -0.2) is 0 Å². The third-order valence-electron chi connectivity index (χ3n) is 0.885. The number of aryl methyl sites for hydroxylation is 1. The molecule has 1 rings (SSSR count). The zero-order valence-electron chi connectivity index (χ0n) is 7.89. The van der Waals surface area contributed by atoms with Gasteiger partial charge in [-0.3, -0.25) is 0 Å². The number of hydrogen-bond acceptors (Lipinski definition) is 0. The van der Waals surface area contributed by atoms with Crippen LogP contribution in [0.1, 0.15) is 26.8 Å². The molecule has 12 heavy (non-hydrogen) atoms. The van der Waals surface area contributed by atoms with Crippen LogP contribution in [0.15, 0.2) is 24.3 Å². The normalized spacial score (nSPS) is 5.58. The molecule has 0 saturated heterocycles. The van der Waals surface area contributed by atoms with Crippen LogP contribution in [0.4, 0.5) is 0 Å². The second-order valence-corrected chi connectivity index (χ2v) is 1.58. The summed E-state index contributed by atoms with van der Waals surface area (Å²) in [5.41, 5.74) is 1.29. The average Bonchev–Trinajstić information content (AvgIpc) is 1.94. The van der Waals surface area contributed by atoms with Crippen molar-refractivity contribution in [3.8, 4) is 0 Å². The van der Waals surface area contributed by atoms with Crippen molar-refractivity contribution in [1.82, 2.24) is 0 Å². The van der Waals surface area contributed by atoms with Crippen LogP contribution in [0.25, 0.3) is 0 Å². The molecule has 0 spiro atoms. The van der Waals surface area contributed by atoms with Crippen LogP contribution in [0.3, 0.4) is 0 Å². The maximum atomic E-state index is 2.93. The summed E-state index contributed by atoms with van der Waals surface area (Å²) in [4.78, 5) is 0. The quantitative estimate of drug-likeness (QED) is 0.604. The van der Waals surface area contributed by atoms with E-state index in [2.05, 4.69) is 13.0 Å². The summed E-state index contributed by atoms with van der Waals surface area (Å²) in [6.45, 7) is 6.06. The Morgan fingerprint density at radius 2 is 1.42 bits per heavy atom. The van der Waals surface area contributed by atoms with Crippen molar-refractivity contribution >= 4 is 0 Å². The standard InChI is InChI=1S/C7H7.C2H6.CH4.CH3.Y/c1-7-5-3-2-4-6-7;1-2;;;/h3-6H,1H3;1-2H3;1H4;1H3;/q-1;;;-1;. The van der Waals surface area contributed by atoms with Gasteiger partial charge in [-0.1, -0.05) is 28.2 Å². The Labute approximate surface area is 104 Å². The van der Waals surface area contributed by atoms with Gasteiger partial charge in [0.25, 0.3) is 0 Å². The van der Waals surface area contributed by atoms with Crippen LogP contribution < -0.4 is 0 Å². The van der Waals surface area contributed by atoms with Crippen LogP contribution in [0.5, 0.6) is 0 Å². The second-order valence-electron chi connectivity index (χ2n) is 1.58. The Morgan fingerprint density at radius 3 is 1.58 bits per heavy atom. The molecular formula is C11H20Y-2. The summed E-state index contributed by atoms with van der Waals surface area (Å²) >= 11 is 0. The van der Waals surface area contributed by atoms with Gasteiger partial charge in [-0.05, 0) is 0 Å². The fourth-order valence-corrected chi connectivity index (χ4v) is 0.470. The molecule has 0 fully saturated rings. The minimum Gasteiger partial charge on any atom is -0.358 e. The van der Waals surface area contributed by atoms with E-state index < -0.39 is 0 Å². The average molecular weight is 241 g/mol. The monoisotopic (exact) mass is 241 g/mol. The van der Waals surface area contributed by atoms with Gasteiger partial charge in [0.1, 0.15) is 0 Å². The van der Waals surface area contributed by atoms with Crippen LogP contribution in [0.2, 0.25) is 0 Å². The first kappa shape index (κ1) is 22.8. The molecule has 1 aromatic carbocycles. The van der Waals surface area contributed by atoms with Gasteiger partial charge in [0.05, 0.1) is 0 Å². The molecule has 0 bridgehead atoms. The molecule has 0 nitrogen and oxygen atoms in total. The number of hydrogen-bond donors (Lipinski definition) is 0. The van der Waals surface area contributed by atoms with Crippen LogP contribution in [-0.2, 0) is 32.7 Å². The first-order valence-electron chi connectivity index (χ1n) is 3.32. The van der Waals surface area contributed by atoms with Gasteiger partial charge in [0, 0.05) is 32.7 Å². The molecular weight excluding hydrogens is 221 g/mol. The van der Waals surface area contributed by atoms with E-state index in [1.54, 1.807) is 0 Å². The first-order chi connectivity index (χ1) is 4.39. The van der Waals surface area contributed by atoms with Gasteiger partial charge in [0.15, 0.2) is 0 Å². The fraction of sp³-hybridized carbons (Fsp3) is 0.364. The molecule has 1 heteroatoms. The molecule has 0 aromatic heterocycles. The second kappa shape index (κ2) is 17.4. The smallest absolute Gasteiger partial charge is 0 e. The maximum absolute atomic E-state index is 2.93. The third-order valence-corrected chi connectivity index (χ3v) is 0.885. The Bertz CT molecular complexity index is 135. The van der Waals surface area contributed by atoms with Crippen molar-refractivity contribution in [2.45, 2.75) is 28.2 Å². The zero-order valence-corrected chi connectivity index (χ0v) is 10.7. The molecule has 0 N–H and O–H groups in total. The molecule has 0 aliphatic heterocycles. The van der Waals surface area contributed by atoms with Crippen molar-refractivity contribution < 1.29 is 32.7 Å². The Balaban J connectivity index is -0.0000000600. The summed E-state index contributed by atoms with van der Waals surface area (Å²) in [5, 5.41) is 0. The molecule has 69 valence electrons. The topological polar surface area (TPSA) is 0 Å². The molecule has 1 radical (unpaired) electrons. The molecule has 0 aliphatic carbocycles. The fourth-order valence-electron chi connectivity index (χ4n) is 0.470. The van der Waals surface area contributed by atoms with E-state index in [4.69, 9.17) is 0 Å². The van der Waals surface area contributed by atoms with Gasteiger partial charge >= 0.3 is 0 Å². The van der Waals surface area contributed by atoms with E-state index in [-0.39, 0.29) is 47.6 Å². The van der Waals surface area contributed by atoms with E-state index in [0.717, 1.165) is 0 Å². The van der Waals surface area contributed by atoms with E-state index in [0.29, 0.717) is 0 Å². The minimum atomic E-state index is 0. The predicted molar refractivity (Wildman–Crippen MR) is 54.5 cm³/mol. The van der Waals surface area contributed by atoms with Gasteiger partial charge in [-0.15, -0.1) is 0 Å². The van der Waals surface area contributed by atoms with E-state index >= 15 is 0 Å². The van der Waals surface area contributed by atoms with Gasteiger partial charge in [-0.2, -0.15) is 35.9 Å². The minimum absolute atomic E-state index is 0. The third kappa shape index (κ3) is 13.0. The summed E-state index contributed by atoms with van der Waals surface area (Å²) in [7, 11) is 0. The Kier molecular flexibility index (Phi) is 33.1. The van der Waals surface area contributed by atoms with Gasteiger partial charge < -0.3 is 7.43 Å². The Morgan fingerprint density at radius 1 is 1.08 bits per heavy atom. The van der Waals surface area contributed by atoms with Crippen molar-refractivity contribution in [2.24, 2.45) is 0 Å². The molecule has 0 amide bonds. The van der Waals surface area contributed by atoms with Crippen LogP contribution >= 0.6 is 0 Å². The number of rotatable bonds is 0. The predicted octanol–water partition coefficient (Wildman–Crippen LogP) is 3.91. The maximum Gasteiger partial charge on any atom is 0 e. The SMILES string of the molecule is C.CC.Cc1cc[c-]cc1.[CH3-].[Y]. The summed E-state index contributed by atoms with van der Waals surface area (Å²) in [5.74, 6) is 0. The van der Waals surface area contributed by atoms with E-state index in [9.17, 15) is 0 Å². The summed E-state index contributed by atoms with van der Waals surface area (Å²) in [6, 6.07) is 10.8. The van der Waals surface area contributed by atoms with Crippen LogP contribution in [0, 0.1) is 20.4 Å². The van der Waals surface area contributed by atoms with Crippen molar-refractivity contribution in [3.05, 3.63) is 43.3 Å². The first-order valence-corrected chi connectivity index (χ1v) is 3.32. The zero-order chi connectivity index (χ0) is 7.11. The number of benzene rings is 1. The summed E-state index contributed by atoms with van der Waals surface area (Å²) < 4.78 is 0. The molecule has 0 saturated carbocycles. The van der Waals surface area contributed by atoms with E-state index in [1.807, 2.05) is 38.1 Å². The molecule has 0 unspecified atom stereocenters. The van der Waals surface area contributed by atoms with Crippen molar-refractivity contribution in [1.29, 1.82) is 0 Å². The molecule has 0 atom stereocenters. The Hall–Kier alpha value is 0.324. The largest absolute Gasteiger partial charge is 0.358 e. The van der Waals surface area contributed by atoms with Crippen molar-refractivity contribution in [2.75, 3.05) is 0 Å². The van der Waals surface area contributed by atoms with Gasteiger partial charge in [0.2, 0.25) is 0 Å². The van der Waals surface area contributed by atoms with E-state index in [1.165, 1.54) is 5.56 Å². The molecule has 1 aromatic rings. The summed E-state index contributed by atoms with van der Waals surface area (Å²) in [6.07, 6.45) is 0. The van der Waals surface area contributed by atoms with Gasteiger partial charge in [-0.25, -0.2) is 0 Å². The molecule has 0 aliphatic rings. The van der Waals surface area contributed by atoms with Crippen molar-refractivity contribution in [3.63, 3.8) is 0 Å².